The van der Waals surface area contributed by atoms with Gasteiger partial charge < -0.3 is 14.8 Å². The lowest BCUT2D eigenvalue weighted by Gasteiger charge is -2.26. The average molecular weight is 407 g/mol. The minimum Gasteiger partial charge on any atom is -0.432 e. The standard InChI is InChI=1S/C16H22N2O2S3.ClH/c21-16(17-5-6-18-7-9-19-10-8-18)20-14-3-1-2-13(12-14)15-4-11-22-23-15;/h1-3,12,15H,4-11H2,(H,17,21);1H/t15-;/m1./s1. The number of hydrogen-bond donors (Lipinski definition) is 1. The van der Waals surface area contributed by atoms with E-state index in [-0.39, 0.29) is 12.4 Å². The third-order valence-electron chi connectivity index (χ3n) is 3.89. The molecule has 2 aliphatic rings. The van der Waals surface area contributed by atoms with Crippen molar-refractivity contribution in [2.45, 2.75) is 11.7 Å². The van der Waals surface area contributed by atoms with Gasteiger partial charge in [0, 0.05) is 37.2 Å². The molecule has 1 atom stereocenters. The monoisotopic (exact) mass is 406 g/mol. The summed E-state index contributed by atoms with van der Waals surface area (Å²) in [6.45, 7) is 5.40. The van der Waals surface area contributed by atoms with Gasteiger partial charge in [-0.15, -0.1) is 12.4 Å². The Morgan fingerprint density at radius 2 is 2.21 bits per heavy atom. The van der Waals surface area contributed by atoms with Gasteiger partial charge in [0.1, 0.15) is 5.75 Å². The average Bonchev–Trinajstić information content (AvgIpc) is 3.11. The molecule has 1 N–H and O–H groups in total. The van der Waals surface area contributed by atoms with Gasteiger partial charge in [0.15, 0.2) is 0 Å². The summed E-state index contributed by atoms with van der Waals surface area (Å²) in [7, 11) is 3.90. The van der Waals surface area contributed by atoms with Gasteiger partial charge in [0.25, 0.3) is 5.17 Å². The molecule has 0 unspecified atom stereocenters. The molecule has 0 amide bonds. The Morgan fingerprint density at radius 1 is 1.38 bits per heavy atom. The minimum atomic E-state index is 0. The first-order valence-electron chi connectivity index (χ1n) is 7.95. The first-order valence-corrected chi connectivity index (χ1v) is 10.7. The van der Waals surface area contributed by atoms with Crippen molar-refractivity contribution in [3.8, 4) is 5.75 Å². The highest BCUT2D eigenvalue weighted by atomic mass is 35.5. The van der Waals surface area contributed by atoms with Crippen LogP contribution in [-0.2, 0) is 4.74 Å². The molecule has 0 bridgehead atoms. The predicted molar refractivity (Wildman–Crippen MR) is 110 cm³/mol. The fraction of sp³-hybridized carbons (Fsp3) is 0.562. The van der Waals surface area contributed by atoms with Crippen molar-refractivity contribution in [1.29, 1.82) is 0 Å². The van der Waals surface area contributed by atoms with Gasteiger partial charge in [-0.25, -0.2) is 0 Å². The normalized spacial score (nSPS) is 21.1. The molecule has 0 radical (unpaired) electrons. The fourth-order valence-electron chi connectivity index (χ4n) is 2.62. The van der Waals surface area contributed by atoms with Crippen LogP contribution in [0.4, 0.5) is 0 Å². The van der Waals surface area contributed by atoms with Crippen LogP contribution in [-0.4, -0.2) is 55.2 Å². The number of thiocarbonyl (C=S) groups is 1. The molecule has 0 spiro atoms. The smallest absolute Gasteiger partial charge is 0.262 e. The summed E-state index contributed by atoms with van der Waals surface area (Å²) in [4.78, 5) is 2.37. The van der Waals surface area contributed by atoms with E-state index in [0.29, 0.717) is 10.4 Å². The van der Waals surface area contributed by atoms with Crippen LogP contribution in [0.5, 0.6) is 5.75 Å². The summed E-state index contributed by atoms with van der Waals surface area (Å²) < 4.78 is 11.1. The van der Waals surface area contributed by atoms with E-state index in [1.165, 1.54) is 17.7 Å². The number of rotatable bonds is 5. The lowest BCUT2D eigenvalue weighted by molar-refractivity contribution is 0.0388. The molecule has 4 nitrogen and oxygen atoms in total. The maximum Gasteiger partial charge on any atom is 0.262 e. The Morgan fingerprint density at radius 3 is 2.96 bits per heavy atom. The molecule has 2 fully saturated rings. The number of ether oxygens (including phenoxy) is 2. The van der Waals surface area contributed by atoms with Gasteiger partial charge in [-0.05, 0) is 36.3 Å². The van der Waals surface area contributed by atoms with Gasteiger partial charge in [-0.2, -0.15) is 0 Å². The number of hydrogen-bond acceptors (Lipinski definition) is 6. The Kier molecular flexibility index (Phi) is 9.00. The molecule has 24 heavy (non-hydrogen) atoms. The van der Waals surface area contributed by atoms with Crippen molar-refractivity contribution in [2.24, 2.45) is 0 Å². The molecule has 0 aliphatic carbocycles. The molecular weight excluding hydrogens is 384 g/mol. The molecule has 8 heteroatoms. The number of halogens is 1. The molecule has 1 aromatic rings. The maximum absolute atomic E-state index is 5.77. The Hall–Kier alpha value is -0.180. The molecule has 2 saturated heterocycles. The molecule has 1 aromatic carbocycles. The number of nitrogens with zero attached hydrogens (tertiary/aromatic N) is 1. The zero-order chi connectivity index (χ0) is 15.9. The maximum atomic E-state index is 5.77. The Balaban J connectivity index is 0.00000208. The molecule has 134 valence electrons. The van der Waals surface area contributed by atoms with Crippen molar-refractivity contribution in [2.75, 3.05) is 45.1 Å². The first kappa shape index (κ1) is 20.1. The van der Waals surface area contributed by atoms with E-state index in [9.17, 15) is 0 Å². The van der Waals surface area contributed by atoms with Crippen LogP contribution in [0.1, 0.15) is 17.2 Å². The predicted octanol–water partition coefficient (Wildman–Crippen LogP) is 3.52. The Labute approximate surface area is 163 Å². The number of morpholine rings is 1. The van der Waals surface area contributed by atoms with E-state index < -0.39 is 0 Å². The summed E-state index contributed by atoms with van der Waals surface area (Å²) in [6.07, 6.45) is 1.22. The van der Waals surface area contributed by atoms with Crippen molar-refractivity contribution in [1.82, 2.24) is 10.2 Å². The van der Waals surface area contributed by atoms with E-state index in [0.717, 1.165) is 45.1 Å². The molecule has 2 heterocycles. The fourth-order valence-corrected chi connectivity index (χ4v) is 5.72. The molecule has 0 aromatic heterocycles. The van der Waals surface area contributed by atoms with E-state index in [1.807, 2.05) is 33.7 Å². The van der Waals surface area contributed by atoms with Crippen LogP contribution < -0.4 is 10.1 Å². The van der Waals surface area contributed by atoms with Gasteiger partial charge in [-0.1, -0.05) is 33.7 Å². The van der Waals surface area contributed by atoms with E-state index in [1.54, 1.807) is 0 Å². The van der Waals surface area contributed by atoms with Crippen LogP contribution in [0.3, 0.4) is 0 Å². The quantitative estimate of drug-likeness (QED) is 0.591. The second kappa shape index (κ2) is 10.7. The zero-order valence-corrected chi connectivity index (χ0v) is 16.7. The summed E-state index contributed by atoms with van der Waals surface area (Å²) in [5.74, 6) is 2.05. The van der Waals surface area contributed by atoms with E-state index in [4.69, 9.17) is 21.7 Å². The Bertz CT molecular complexity index is 524. The highest BCUT2D eigenvalue weighted by Gasteiger charge is 2.19. The van der Waals surface area contributed by atoms with E-state index in [2.05, 4.69) is 22.3 Å². The second-order valence-corrected chi connectivity index (χ2v) is 8.60. The topological polar surface area (TPSA) is 33.7 Å². The largest absolute Gasteiger partial charge is 0.432 e. The van der Waals surface area contributed by atoms with E-state index >= 15 is 0 Å². The van der Waals surface area contributed by atoms with Crippen molar-refractivity contribution in [3.63, 3.8) is 0 Å². The van der Waals surface area contributed by atoms with Crippen LogP contribution in [0.15, 0.2) is 24.3 Å². The van der Waals surface area contributed by atoms with Gasteiger partial charge in [0.05, 0.1) is 13.2 Å². The third kappa shape index (κ3) is 6.28. The van der Waals surface area contributed by atoms with Crippen molar-refractivity contribution < 1.29 is 9.47 Å². The van der Waals surface area contributed by atoms with Crippen LogP contribution >= 0.6 is 46.2 Å². The lowest BCUT2D eigenvalue weighted by atomic mass is 10.1. The minimum absolute atomic E-state index is 0. The SMILES string of the molecule is Cl.S=C(NCCN1CCOCC1)Oc1cccc([C@H]2CCSS2)c1. The zero-order valence-electron chi connectivity index (χ0n) is 13.4. The van der Waals surface area contributed by atoms with Crippen LogP contribution in [0, 0.1) is 0 Å². The molecule has 2 aliphatic heterocycles. The highest BCUT2D eigenvalue weighted by Crippen LogP contribution is 2.48. The summed E-state index contributed by atoms with van der Waals surface area (Å²) in [5, 5.41) is 4.21. The number of nitrogens with one attached hydrogen (secondary N) is 1. The summed E-state index contributed by atoms with van der Waals surface area (Å²) in [5.41, 5.74) is 1.33. The number of benzene rings is 1. The van der Waals surface area contributed by atoms with Crippen LogP contribution in [0.2, 0.25) is 0 Å². The van der Waals surface area contributed by atoms with Crippen molar-refractivity contribution >= 4 is 51.4 Å². The molecule has 0 saturated carbocycles. The van der Waals surface area contributed by atoms with Crippen LogP contribution in [0.25, 0.3) is 0 Å². The lowest BCUT2D eigenvalue weighted by Crippen LogP contribution is -2.41. The van der Waals surface area contributed by atoms with Crippen molar-refractivity contribution in [3.05, 3.63) is 29.8 Å². The molecule has 3 rings (SSSR count). The molecular formula is C16H23ClN2O2S3. The highest BCUT2D eigenvalue weighted by molar-refractivity contribution is 8.77. The summed E-state index contributed by atoms with van der Waals surface area (Å²) in [6, 6.07) is 8.29. The second-order valence-electron chi connectivity index (χ2n) is 5.54. The first-order chi connectivity index (χ1) is 11.3. The van der Waals surface area contributed by atoms with Gasteiger partial charge in [0.2, 0.25) is 0 Å². The van der Waals surface area contributed by atoms with Gasteiger partial charge >= 0.3 is 0 Å². The third-order valence-corrected chi connectivity index (χ3v) is 7.00. The summed E-state index contributed by atoms with van der Waals surface area (Å²) >= 11 is 5.30. The van der Waals surface area contributed by atoms with Gasteiger partial charge in [-0.3, -0.25) is 4.90 Å².